The Morgan fingerprint density at radius 1 is 1.18 bits per heavy atom. The molecule has 28 heavy (non-hydrogen) atoms. The lowest BCUT2D eigenvalue weighted by molar-refractivity contribution is -0.124. The summed E-state index contributed by atoms with van der Waals surface area (Å²) in [6.07, 6.45) is 0. The molecule has 0 aliphatic heterocycles. The highest BCUT2D eigenvalue weighted by atomic mass is 35.5. The molecule has 0 radical (unpaired) electrons. The first-order chi connectivity index (χ1) is 13.3. The van der Waals surface area contributed by atoms with Crippen LogP contribution in [-0.4, -0.2) is 40.7 Å². The van der Waals surface area contributed by atoms with Crippen LogP contribution in [0.4, 0.5) is 0 Å². The highest BCUT2D eigenvalue weighted by Gasteiger charge is 2.16. The number of ether oxygens (including phenoxy) is 2. The van der Waals surface area contributed by atoms with Gasteiger partial charge in [-0.1, -0.05) is 41.9 Å². The lowest BCUT2D eigenvalue weighted by atomic mass is 10.2. The number of amides is 1. The minimum Gasteiger partial charge on any atom is -0.482 e. The molecule has 7 nitrogen and oxygen atoms in total. The van der Waals surface area contributed by atoms with Crippen molar-refractivity contribution < 1.29 is 22.7 Å². The second-order valence-electron chi connectivity index (χ2n) is 6.11. The van der Waals surface area contributed by atoms with E-state index >= 15 is 0 Å². The highest BCUT2D eigenvalue weighted by molar-refractivity contribution is 7.89. The van der Waals surface area contributed by atoms with Gasteiger partial charge in [-0.3, -0.25) is 4.79 Å². The van der Waals surface area contributed by atoms with E-state index in [0.29, 0.717) is 6.61 Å². The van der Waals surface area contributed by atoms with Crippen molar-refractivity contribution in [2.24, 2.45) is 0 Å². The molecule has 0 heterocycles. The summed E-state index contributed by atoms with van der Waals surface area (Å²) in [6.45, 7) is 2.11. The molecular formula is C19H23ClN2O5S. The molecular weight excluding hydrogens is 404 g/mol. The van der Waals surface area contributed by atoms with E-state index in [4.69, 9.17) is 21.1 Å². The maximum atomic E-state index is 12.4. The van der Waals surface area contributed by atoms with Gasteiger partial charge >= 0.3 is 0 Å². The molecule has 2 aromatic rings. The van der Waals surface area contributed by atoms with Crippen molar-refractivity contribution in [3.8, 4) is 5.75 Å². The monoisotopic (exact) mass is 426 g/mol. The Bertz CT molecular complexity index is 890. The van der Waals surface area contributed by atoms with Crippen LogP contribution in [0.15, 0.2) is 53.4 Å². The highest BCUT2D eigenvalue weighted by Crippen LogP contribution is 2.27. The molecule has 0 aromatic heterocycles. The van der Waals surface area contributed by atoms with E-state index in [1.165, 1.54) is 18.2 Å². The largest absolute Gasteiger partial charge is 0.482 e. The number of nitrogens with one attached hydrogen (secondary N) is 2. The molecule has 1 atom stereocenters. The molecule has 0 spiro atoms. The van der Waals surface area contributed by atoms with Crippen molar-refractivity contribution in [2.75, 3.05) is 20.3 Å². The Labute approximate surface area is 170 Å². The van der Waals surface area contributed by atoms with Crippen molar-refractivity contribution in [1.29, 1.82) is 0 Å². The number of carbonyl (C=O) groups is 1. The van der Waals surface area contributed by atoms with Crippen molar-refractivity contribution in [2.45, 2.75) is 24.4 Å². The van der Waals surface area contributed by atoms with Gasteiger partial charge in [0.25, 0.3) is 5.91 Å². The molecule has 0 aliphatic carbocycles. The number of carbonyl (C=O) groups excluding carboxylic acids is 1. The second-order valence-corrected chi connectivity index (χ2v) is 8.29. The molecule has 0 fully saturated rings. The molecule has 0 saturated carbocycles. The van der Waals surface area contributed by atoms with Gasteiger partial charge in [0.05, 0.1) is 16.5 Å². The van der Waals surface area contributed by atoms with Crippen LogP contribution in [0.3, 0.4) is 0 Å². The van der Waals surface area contributed by atoms with Crippen LogP contribution < -0.4 is 14.8 Å². The lowest BCUT2D eigenvalue weighted by Crippen LogP contribution is -2.38. The number of sulfonamides is 1. The minimum absolute atomic E-state index is 0.0129. The van der Waals surface area contributed by atoms with Gasteiger partial charge in [0.1, 0.15) is 5.75 Å². The fourth-order valence-electron chi connectivity index (χ4n) is 2.37. The number of hydrogen-bond acceptors (Lipinski definition) is 5. The zero-order valence-electron chi connectivity index (χ0n) is 15.6. The minimum atomic E-state index is -3.73. The zero-order valence-corrected chi connectivity index (χ0v) is 17.2. The Morgan fingerprint density at radius 3 is 2.54 bits per heavy atom. The van der Waals surface area contributed by atoms with Crippen molar-refractivity contribution in [3.05, 3.63) is 59.1 Å². The average Bonchev–Trinajstić information content (AvgIpc) is 2.66. The Balaban J connectivity index is 1.96. The number of benzene rings is 2. The van der Waals surface area contributed by atoms with Crippen LogP contribution in [0.25, 0.3) is 0 Å². The van der Waals surface area contributed by atoms with Crippen LogP contribution in [-0.2, 0) is 26.1 Å². The standard InChI is InChI=1S/C19H23ClN2O5S/c1-14(12-26-2)22-19(23)13-27-18-9-8-16(10-17(18)20)28(24,25)21-11-15-6-4-3-5-7-15/h3-10,14,21H,11-13H2,1-2H3,(H,22,23)/t14-/m1/s1. The van der Waals surface area contributed by atoms with E-state index < -0.39 is 10.0 Å². The van der Waals surface area contributed by atoms with Gasteiger partial charge in [-0.25, -0.2) is 13.1 Å². The van der Waals surface area contributed by atoms with Gasteiger partial charge in [0.2, 0.25) is 10.0 Å². The molecule has 0 unspecified atom stereocenters. The van der Waals surface area contributed by atoms with Gasteiger partial charge in [0.15, 0.2) is 6.61 Å². The third-order valence-corrected chi connectivity index (χ3v) is 5.40. The van der Waals surface area contributed by atoms with E-state index in [-0.39, 0.29) is 40.8 Å². The smallest absolute Gasteiger partial charge is 0.258 e. The fourth-order valence-corrected chi connectivity index (χ4v) is 3.72. The number of methoxy groups -OCH3 is 1. The molecule has 152 valence electrons. The van der Waals surface area contributed by atoms with Gasteiger partial charge in [-0.15, -0.1) is 0 Å². The first-order valence-electron chi connectivity index (χ1n) is 8.56. The molecule has 2 N–H and O–H groups in total. The van der Waals surface area contributed by atoms with Crippen LogP contribution in [0.1, 0.15) is 12.5 Å². The van der Waals surface area contributed by atoms with Gasteiger partial charge in [0, 0.05) is 19.7 Å². The summed E-state index contributed by atoms with van der Waals surface area (Å²) in [6, 6.07) is 13.1. The molecule has 2 rings (SSSR count). The Kier molecular flexibility index (Phi) is 8.25. The summed E-state index contributed by atoms with van der Waals surface area (Å²) in [7, 11) is -2.19. The Hall–Kier alpha value is -2.13. The first-order valence-corrected chi connectivity index (χ1v) is 10.4. The third kappa shape index (κ3) is 6.79. The Morgan fingerprint density at radius 2 is 1.89 bits per heavy atom. The second kappa shape index (κ2) is 10.4. The molecule has 2 aromatic carbocycles. The normalized spacial score (nSPS) is 12.4. The molecule has 9 heteroatoms. The predicted octanol–water partition coefficient (Wildman–Crippen LogP) is 2.35. The molecule has 0 saturated heterocycles. The average molecular weight is 427 g/mol. The van der Waals surface area contributed by atoms with Gasteiger partial charge in [-0.2, -0.15) is 0 Å². The van der Waals surface area contributed by atoms with E-state index in [1.807, 2.05) is 30.3 Å². The summed E-state index contributed by atoms with van der Waals surface area (Å²) < 4.78 is 37.7. The maximum absolute atomic E-state index is 12.4. The van der Waals surface area contributed by atoms with Crippen molar-refractivity contribution in [3.63, 3.8) is 0 Å². The van der Waals surface area contributed by atoms with Crippen LogP contribution in [0, 0.1) is 0 Å². The SMILES string of the molecule is COC[C@@H](C)NC(=O)COc1ccc(S(=O)(=O)NCc2ccccc2)cc1Cl. The number of hydrogen-bond donors (Lipinski definition) is 2. The van der Waals surface area contributed by atoms with Crippen molar-refractivity contribution >= 4 is 27.5 Å². The summed E-state index contributed by atoms with van der Waals surface area (Å²) in [4.78, 5) is 11.8. The topological polar surface area (TPSA) is 93.7 Å². The number of halogens is 1. The van der Waals surface area contributed by atoms with E-state index in [2.05, 4.69) is 10.0 Å². The fraction of sp³-hybridized carbons (Fsp3) is 0.316. The summed E-state index contributed by atoms with van der Waals surface area (Å²) >= 11 is 6.12. The summed E-state index contributed by atoms with van der Waals surface area (Å²) in [5, 5.41) is 2.80. The van der Waals surface area contributed by atoms with E-state index in [9.17, 15) is 13.2 Å². The number of rotatable bonds is 10. The van der Waals surface area contributed by atoms with E-state index in [1.54, 1.807) is 14.0 Å². The molecule has 0 aliphatic rings. The van der Waals surface area contributed by atoms with Crippen LogP contribution in [0.5, 0.6) is 5.75 Å². The van der Waals surface area contributed by atoms with E-state index in [0.717, 1.165) is 5.56 Å². The van der Waals surface area contributed by atoms with Gasteiger partial charge in [-0.05, 0) is 30.7 Å². The quantitative estimate of drug-likeness (QED) is 0.608. The van der Waals surface area contributed by atoms with Crippen LogP contribution >= 0.6 is 11.6 Å². The predicted molar refractivity (Wildman–Crippen MR) is 107 cm³/mol. The third-order valence-electron chi connectivity index (χ3n) is 3.71. The summed E-state index contributed by atoms with van der Waals surface area (Å²) in [5.41, 5.74) is 0.839. The van der Waals surface area contributed by atoms with Crippen LogP contribution in [0.2, 0.25) is 5.02 Å². The van der Waals surface area contributed by atoms with Crippen molar-refractivity contribution in [1.82, 2.24) is 10.0 Å². The molecule has 0 bridgehead atoms. The molecule has 1 amide bonds. The zero-order chi connectivity index (χ0) is 20.6. The lowest BCUT2D eigenvalue weighted by Gasteiger charge is -2.14. The first kappa shape index (κ1) is 22.2. The maximum Gasteiger partial charge on any atom is 0.258 e. The van der Waals surface area contributed by atoms with Gasteiger partial charge < -0.3 is 14.8 Å². The summed E-state index contributed by atoms with van der Waals surface area (Å²) in [5.74, 6) is -0.111.